The molecule has 1 N–H and O–H groups in total. The number of carbonyl (C=O) groups is 1. The van der Waals surface area contributed by atoms with E-state index in [2.05, 4.69) is 4.98 Å². The number of benzene rings is 1. The van der Waals surface area contributed by atoms with Gasteiger partial charge in [0.15, 0.2) is 11.6 Å². The van der Waals surface area contributed by atoms with Crippen LogP contribution in [0, 0.1) is 11.2 Å². The SMILES string of the molecule is O=C(O)[C@]1(Cc2cccc(Cl)c2)CCCN(c2ncccc2F)C1. The highest BCUT2D eigenvalue weighted by Gasteiger charge is 2.43. The molecule has 2 aromatic rings. The van der Waals surface area contributed by atoms with Crippen molar-refractivity contribution in [2.45, 2.75) is 19.3 Å². The molecule has 0 saturated carbocycles. The van der Waals surface area contributed by atoms with Crippen LogP contribution in [0.1, 0.15) is 18.4 Å². The summed E-state index contributed by atoms with van der Waals surface area (Å²) in [5.74, 6) is -1.08. The molecule has 1 fully saturated rings. The normalized spacial score (nSPS) is 20.8. The Hall–Kier alpha value is -2.14. The predicted octanol–water partition coefficient (Wildman–Crippen LogP) is 3.79. The summed E-state index contributed by atoms with van der Waals surface area (Å²) >= 11 is 6.02. The average molecular weight is 349 g/mol. The number of nitrogens with zero attached hydrogens (tertiary/aromatic N) is 2. The zero-order valence-electron chi connectivity index (χ0n) is 13.1. The van der Waals surface area contributed by atoms with Crippen molar-refractivity contribution >= 4 is 23.4 Å². The number of aromatic nitrogens is 1. The van der Waals surface area contributed by atoms with Gasteiger partial charge in [-0.3, -0.25) is 4.79 Å². The molecule has 4 nitrogen and oxygen atoms in total. The van der Waals surface area contributed by atoms with Gasteiger partial charge in [-0.2, -0.15) is 0 Å². The van der Waals surface area contributed by atoms with E-state index in [1.807, 2.05) is 12.1 Å². The molecule has 0 bridgehead atoms. The van der Waals surface area contributed by atoms with Crippen LogP contribution in [0.15, 0.2) is 42.6 Å². The molecule has 1 aromatic heterocycles. The number of anilines is 1. The highest BCUT2D eigenvalue weighted by atomic mass is 35.5. The fraction of sp³-hybridized carbons (Fsp3) is 0.333. The minimum Gasteiger partial charge on any atom is -0.481 e. The Labute approximate surface area is 144 Å². The Kier molecular flexibility index (Phi) is 4.71. The van der Waals surface area contributed by atoms with Crippen LogP contribution in [0.3, 0.4) is 0 Å². The number of pyridine rings is 1. The van der Waals surface area contributed by atoms with Crippen LogP contribution in [0.2, 0.25) is 5.02 Å². The van der Waals surface area contributed by atoms with Crippen molar-refractivity contribution < 1.29 is 14.3 Å². The molecule has 0 spiro atoms. The Bertz CT molecular complexity index is 755. The molecule has 0 amide bonds. The summed E-state index contributed by atoms with van der Waals surface area (Å²) in [6.07, 6.45) is 3.09. The number of hydrogen-bond donors (Lipinski definition) is 1. The van der Waals surface area contributed by atoms with Crippen molar-refractivity contribution in [3.05, 3.63) is 59.0 Å². The summed E-state index contributed by atoms with van der Waals surface area (Å²) in [4.78, 5) is 17.9. The highest BCUT2D eigenvalue weighted by molar-refractivity contribution is 6.30. The molecule has 2 heterocycles. The number of aliphatic carboxylic acids is 1. The predicted molar refractivity (Wildman–Crippen MR) is 90.9 cm³/mol. The summed E-state index contributed by atoms with van der Waals surface area (Å²) in [6.45, 7) is 0.821. The summed E-state index contributed by atoms with van der Waals surface area (Å²) in [5.41, 5.74) is -0.111. The van der Waals surface area contributed by atoms with Gasteiger partial charge >= 0.3 is 5.97 Å². The molecule has 6 heteroatoms. The Balaban J connectivity index is 1.90. The van der Waals surface area contributed by atoms with E-state index in [1.165, 1.54) is 18.3 Å². The molecule has 1 aliphatic heterocycles. The maximum absolute atomic E-state index is 14.0. The number of halogens is 2. The van der Waals surface area contributed by atoms with Gasteiger partial charge in [0.05, 0.1) is 5.41 Å². The van der Waals surface area contributed by atoms with Gasteiger partial charge in [-0.05, 0) is 49.1 Å². The molecule has 3 rings (SSSR count). The van der Waals surface area contributed by atoms with Gasteiger partial charge in [-0.15, -0.1) is 0 Å². The topological polar surface area (TPSA) is 53.4 Å². The van der Waals surface area contributed by atoms with Crippen LogP contribution in [-0.2, 0) is 11.2 Å². The van der Waals surface area contributed by atoms with Crippen molar-refractivity contribution in [3.63, 3.8) is 0 Å². The molecule has 0 aliphatic carbocycles. The van der Waals surface area contributed by atoms with Crippen LogP contribution in [0.4, 0.5) is 10.2 Å². The standard InChI is InChI=1S/C18H18ClFN2O2/c19-14-5-1-4-13(10-14)11-18(17(23)24)7-3-9-22(12-18)16-15(20)6-2-8-21-16/h1-2,4-6,8,10H,3,7,9,11-12H2,(H,23,24)/t18-/m0/s1. The lowest BCUT2D eigenvalue weighted by Gasteiger charge is -2.40. The lowest BCUT2D eigenvalue weighted by molar-refractivity contribution is -0.149. The van der Waals surface area contributed by atoms with Crippen molar-refractivity contribution in [2.75, 3.05) is 18.0 Å². The van der Waals surface area contributed by atoms with Crippen LogP contribution in [0.5, 0.6) is 0 Å². The first-order chi connectivity index (χ1) is 11.5. The van der Waals surface area contributed by atoms with Crippen molar-refractivity contribution in [3.8, 4) is 0 Å². The van der Waals surface area contributed by atoms with Gasteiger partial charge < -0.3 is 10.0 Å². The maximum Gasteiger partial charge on any atom is 0.311 e. The van der Waals surface area contributed by atoms with E-state index in [9.17, 15) is 14.3 Å². The van der Waals surface area contributed by atoms with Gasteiger partial charge in [0.1, 0.15) is 0 Å². The first kappa shape index (κ1) is 16.7. The highest BCUT2D eigenvalue weighted by Crippen LogP contribution is 2.36. The van der Waals surface area contributed by atoms with E-state index in [-0.39, 0.29) is 12.4 Å². The summed E-state index contributed by atoms with van der Waals surface area (Å²) < 4.78 is 14.0. The fourth-order valence-corrected chi connectivity index (χ4v) is 3.57. The van der Waals surface area contributed by atoms with Gasteiger partial charge in [0, 0.05) is 24.3 Å². The maximum atomic E-state index is 14.0. The summed E-state index contributed by atoms with van der Waals surface area (Å²) in [7, 11) is 0. The lowest BCUT2D eigenvalue weighted by Crippen LogP contribution is -2.49. The Morgan fingerprint density at radius 3 is 2.92 bits per heavy atom. The number of carboxylic acid groups (broad SMARTS) is 1. The first-order valence-corrected chi connectivity index (χ1v) is 8.21. The van der Waals surface area contributed by atoms with Gasteiger partial charge in [-0.25, -0.2) is 9.37 Å². The van der Waals surface area contributed by atoms with Crippen molar-refractivity contribution in [1.82, 2.24) is 4.98 Å². The van der Waals surface area contributed by atoms with E-state index in [4.69, 9.17) is 11.6 Å². The third-order valence-electron chi connectivity index (χ3n) is 4.50. The second-order valence-electron chi connectivity index (χ2n) is 6.23. The Morgan fingerprint density at radius 1 is 1.38 bits per heavy atom. The minimum absolute atomic E-state index is 0.217. The van der Waals surface area contributed by atoms with Crippen LogP contribution in [-0.4, -0.2) is 29.1 Å². The number of rotatable bonds is 4. The smallest absolute Gasteiger partial charge is 0.311 e. The first-order valence-electron chi connectivity index (χ1n) is 7.83. The van der Waals surface area contributed by atoms with Crippen LogP contribution in [0.25, 0.3) is 0 Å². The van der Waals surface area contributed by atoms with E-state index in [0.29, 0.717) is 30.8 Å². The van der Waals surface area contributed by atoms with Crippen molar-refractivity contribution in [2.24, 2.45) is 5.41 Å². The second kappa shape index (κ2) is 6.77. The molecule has 0 radical (unpaired) electrons. The average Bonchev–Trinajstić information content (AvgIpc) is 2.55. The summed E-state index contributed by atoms with van der Waals surface area (Å²) in [6, 6.07) is 10.1. The monoisotopic (exact) mass is 348 g/mol. The molecular formula is C18H18ClFN2O2. The quantitative estimate of drug-likeness (QED) is 0.913. The molecule has 126 valence electrons. The minimum atomic E-state index is -0.979. The number of hydrogen-bond acceptors (Lipinski definition) is 3. The van der Waals surface area contributed by atoms with E-state index < -0.39 is 17.2 Å². The molecule has 1 aromatic carbocycles. The zero-order chi connectivity index (χ0) is 17.2. The molecule has 0 unspecified atom stereocenters. The Morgan fingerprint density at radius 2 is 2.21 bits per heavy atom. The molecule has 1 atom stereocenters. The van der Waals surface area contributed by atoms with Gasteiger partial charge in [0.2, 0.25) is 0 Å². The molecule has 1 aliphatic rings. The molecule has 24 heavy (non-hydrogen) atoms. The third kappa shape index (κ3) is 3.36. The van der Waals surface area contributed by atoms with E-state index in [1.54, 1.807) is 17.0 Å². The second-order valence-corrected chi connectivity index (χ2v) is 6.66. The zero-order valence-corrected chi connectivity index (χ0v) is 13.8. The molecular weight excluding hydrogens is 331 g/mol. The van der Waals surface area contributed by atoms with E-state index in [0.717, 1.165) is 5.56 Å². The fourth-order valence-electron chi connectivity index (χ4n) is 3.35. The molecule has 1 saturated heterocycles. The van der Waals surface area contributed by atoms with Crippen LogP contribution >= 0.6 is 11.6 Å². The summed E-state index contributed by atoms with van der Waals surface area (Å²) in [5, 5.41) is 10.5. The third-order valence-corrected chi connectivity index (χ3v) is 4.74. The lowest BCUT2D eigenvalue weighted by atomic mass is 9.75. The largest absolute Gasteiger partial charge is 0.481 e. The van der Waals surface area contributed by atoms with Crippen LogP contribution < -0.4 is 4.90 Å². The van der Waals surface area contributed by atoms with Gasteiger partial charge in [-0.1, -0.05) is 23.7 Å². The van der Waals surface area contributed by atoms with Gasteiger partial charge in [0.25, 0.3) is 0 Å². The van der Waals surface area contributed by atoms with E-state index >= 15 is 0 Å². The number of piperidine rings is 1. The van der Waals surface area contributed by atoms with Crippen molar-refractivity contribution in [1.29, 1.82) is 0 Å². The number of carboxylic acids is 1.